The summed E-state index contributed by atoms with van der Waals surface area (Å²) in [6.07, 6.45) is -2.71. The Morgan fingerprint density at radius 2 is 1.70 bits per heavy atom. The molecule has 1 fully saturated rings. The largest absolute Gasteiger partial charge is 0.507 e. The van der Waals surface area contributed by atoms with E-state index >= 15 is 0 Å². The summed E-state index contributed by atoms with van der Waals surface area (Å²) in [5.41, 5.74) is -1.93. The van der Waals surface area contributed by atoms with Crippen LogP contribution in [0.5, 0.6) is 28.7 Å². The number of carbonyl (C=O) groups excluding carboxylic acids is 2. The number of rotatable bonds is 1. The fourth-order valence-electron chi connectivity index (χ4n) is 5.43. The minimum atomic E-state index is -2.14. The van der Waals surface area contributed by atoms with Gasteiger partial charge in [0.15, 0.2) is 46.7 Å². The summed E-state index contributed by atoms with van der Waals surface area (Å²) < 4.78 is 27.6. The lowest BCUT2D eigenvalue weighted by molar-refractivity contribution is -0.185. The molecule has 1 aromatic heterocycles. The summed E-state index contributed by atoms with van der Waals surface area (Å²) in [5.74, 6) is -6.80. The van der Waals surface area contributed by atoms with Gasteiger partial charge in [0.2, 0.25) is 5.78 Å². The number of aromatic hydroxyl groups is 3. The molecule has 3 aliphatic heterocycles. The number of phenolic OH excluding ortho intramolecular Hbond substituents is 3. The van der Waals surface area contributed by atoms with Gasteiger partial charge < -0.3 is 43.8 Å². The van der Waals surface area contributed by atoms with Crippen molar-refractivity contribution in [3.8, 4) is 28.7 Å². The Morgan fingerprint density at radius 1 is 0.973 bits per heavy atom. The summed E-state index contributed by atoms with van der Waals surface area (Å²) in [6.45, 7) is 1.58. The molecule has 2 aromatic carbocycles. The molecule has 4 aliphatic rings. The zero-order valence-corrected chi connectivity index (χ0v) is 19.0. The summed E-state index contributed by atoms with van der Waals surface area (Å²) in [6, 6.07) is 3.15. The number of aliphatic hydroxyl groups excluding tert-OH is 1. The predicted octanol–water partition coefficient (Wildman–Crippen LogP) is 1.78. The Hall–Kier alpha value is -4.55. The standard InChI is InChI=1S/C25H16O12/c1-6-3-7-4-8-19(17(29)11(7)24(32)34-6)36-25(23-20(8)35-23)22(31)14-16(28)12-9(26)5-10(33-2)15(27)13(12)18(30)21(14)37-25/h3-5,20,22-23,28-31H,1-2H3/t20-,22+,23-,25+/m1/s1. The van der Waals surface area contributed by atoms with Crippen LogP contribution in [0.15, 0.2) is 33.2 Å². The SMILES string of the molecule is COC1=CC(=O)c2c(O)c3c(c(O)c2C1=O)O[C@@]1(Oc2c(cc4cc(C)oc(=O)c4c2O)[C@H]2O[C@H]21)[C@H]3O. The van der Waals surface area contributed by atoms with Gasteiger partial charge in [-0.1, -0.05) is 0 Å². The number of carbonyl (C=O) groups is 2. The minimum Gasteiger partial charge on any atom is -0.507 e. The molecule has 1 aliphatic carbocycles. The van der Waals surface area contributed by atoms with Gasteiger partial charge in [-0.2, -0.15) is 0 Å². The van der Waals surface area contributed by atoms with Gasteiger partial charge in [-0.3, -0.25) is 9.59 Å². The van der Waals surface area contributed by atoms with Gasteiger partial charge in [0, 0.05) is 11.6 Å². The summed E-state index contributed by atoms with van der Waals surface area (Å²) in [4.78, 5) is 38.0. The maximum Gasteiger partial charge on any atom is 0.347 e. The third kappa shape index (κ3) is 2.45. The van der Waals surface area contributed by atoms with Crippen LogP contribution in [-0.4, -0.2) is 51.0 Å². The van der Waals surface area contributed by atoms with Crippen molar-refractivity contribution >= 4 is 22.3 Å². The van der Waals surface area contributed by atoms with Crippen LogP contribution >= 0.6 is 0 Å². The Morgan fingerprint density at radius 3 is 2.43 bits per heavy atom. The van der Waals surface area contributed by atoms with E-state index in [2.05, 4.69) is 0 Å². The smallest absolute Gasteiger partial charge is 0.347 e. The van der Waals surface area contributed by atoms with Crippen LogP contribution in [0.3, 0.4) is 0 Å². The van der Waals surface area contributed by atoms with Crippen LogP contribution in [0.2, 0.25) is 0 Å². The number of epoxide rings is 1. The van der Waals surface area contributed by atoms with Crippen LogP contribution in [0, 0.1) is 6.92 Å². The molecule has 12 heteroatoms. The van der Waals surface area contributed by atoms with Crippen molar-refractivity contribution in [3.05, 3.63) is 62.4 Å². The van der Waals surface area contributed by atoms with Crippen LogP contribution in [-0.2, 0) is 9.47 Å². The first-order valence-corrected chi connectivity index (χ1v) is 11.1. The average molecular weight is 508 g/mol. The maximum atomic E-state index is 12.8. The normalized spacial score (nSPS) is 26.6. The average Bonchev–Trinajstić information content (AvgIpc) is 3.60. The number of aryl methyl sites for hydroxylation is 1. The second-order valence-electron chi connectivity index (χ2n) is 9.15. The van der Waals surface area contributed by atoms with Crippen molar-refractivity contribution < 1.29 is 53.4 Å². The van der Waals surface area contributed by atoms with Crippen molar-refractivity contribution in [2.45, 2.75) is 31.0 Å². The number of hydrogen-bond acceptors (Lipinski definition) is 12. The number of methoxy groups -OCH3 is 1. The zero-order chi connectivity index (χ0) is 26.1. The van der Waals surface area contributed by atoms with Crippen molar-refractivity contribution in [1.82, 2.24) is 0 Å². The molecule has 0 bridgehead atoms. The van der Waals surface area contributed by atoms with E-state index in [0.29, 0.717) is 16.7 Å². The van der Waals surface area contributed by atoms with Gasteiger partial charge in [0.25, 0.3) is 0 Å². The Kier molecular flexibility index (Phi) is 3.87. The second kappa shape index (κ2) is 6.60. The van der Waals surface area contributed by atoms with E-state index in [1.165, 1.54) is 0 Å². The number of Topliss-reactive ketones (excluding diaryl/α,β-unsaturated/α-hetero) is 1. The van der Waals surface area contributed by atoms with Crippen molar-refractivity contribution in [1.29, 1.82) is 0 Å². The number of aliphatic hydroxyl groups is 1. The lowest BCUT2D eigenvalue weighted by Gasteiger charge is -2.34. The highest BCUT2D eigenvalue weighted by atomic mass is 16.8. The van der Waals surface area contributed by atoms with Gasteiger partial charge in [-0.15, -0.1) is 0 Å². The Labute approximate surface area is 205 Å². The molecule has 4 atom stereocenters. The molecule has 0 radical (unpaired) electrons. The first kappa shape index (κ1) is 21.7. The molecule has 0 amide bonds. The molecular formula is C25H16O12. The monoisotopic (exact) mass is 508 g/mol. The van der Waals surface area contributed by atoms with Gasteiger partial charge in [-0.05, 0) is 24.4 Å². The number of allylic oxidation sites excluding steroid dienone is 2. The lowest BCUT2D eigenvalue weighted by atomic mass is 9.86. The fraction of sp³-hybridized carbons (Fsp3) is 0.240. The highest BCUT2D eigenvalue weighted by Gasteiger charge is 2.71. The van der Waals surface area contributed by atoms with E-state index in [4.69, 9.17) is 23.4 Å². The number of ether oxygens (including phenoxy) is 4. The number of hydrogen-bond donors (Lipinski definition) is 4. The van der Waals surface area contributed by atoms with Crippen LogP contribution in [0.4, 0.5) is 0 Å². The van der Waals surface area contributed by atoms with Crippen molar-refractivity contribution in [3.63, 3.8) is 0 Å². The molecule has 0 saturated carbocycles. The van der Waals surface area contributed by atoms with E-state index < -0.39 is 81.0 Å². The second-order valence-corrected chi connectivity index (χ2v) is 9.15. The molecule has 4 N–H and O–H groups in total. The van der Waals surface area contributed by atoms with Gasteiger partial charge in [-0.25, -0.2) is 4.79 Å². The van der Waals surface area contributed by atoms with Crippen LogP contribution in [0.1, 0.15) is 49.8 Å². The number of ketones is 2. The maximum absolute atomic E-state index is 12.8. The molecule has 0 unspecified atom stereocenters. The first-order valence-electron chi connectivity index (χ1n) is 11.1. The van der Waals surface area contributed by atoms with Gasteiger partial charge in [0.1, 0.15) is 23.0 Å². The van der Waals surface area contributed by atoms with E-state index in [-0.39, 0.29) is 16.9 Å². The van der Waals surface area contributed by atoms with Crippen molar-refractivity contribution in [2.24, 2.45) is 0 Å². The highest BCUT2D eigenvalue weighted by Crippen LogP contribution is 2.65. The Bertz CT molecular complexity index is 1730. The summed E-state index contributed by atoms with van der Waals surface area (Å²) >= 11 is 0. The molecule has 3 aromatic rings. The molecule has 1 saturated heterocycles. The van der Waals surface area contributed by atoms with Crippen LogP contribution in [0.25, 0.3) is 10.8 Å². The predicted molar refractivity (Wildman–Crippen MR) is 119 cm³/mol. The van der Waals surface area contributed by atoms with E-state index in [1.54, 1.807) is 19.1 Å². The molecule has 7 rings (SSSR count). The number of phenols is 3. The third-order valence-corrected chi connectivity index (χ3v) is 7.12. The van der Waals surface area contributed by atoms with Crippen molar-refractivity contribution in [2.75, 3.05) is 7.11 Å². The minimum absolute atomic E-state index is 0.167. The summed E-state index contributed by atoms with van der Waals surface area (Å²) in [5, 5.41) is 44.5. The molecule has 37 heavy (non-hydrogen) atoms. The molecule has 188 valence electrons. The number of fused-ring (bicyclic) bond motifs is 7. The quantitative estimate of drug-likeness (QED) is 0.276. The van der Waals surface area contributed by atoms with Gasteiger partial charge >= 0.3 is 11.4 Å². The molecule has 1 spiro atoms. The molecule has 12 nitrogen and oxygen atoms in total. The third-order valence-electron chi connectivity index (χ3n) is 7.12. The lowest BCUT2D eigenvalue weighted by Crippen LogP contribution is -2.51. The van der Waals surface area contributed by atoms with Gasteiger partial charge in [0.05, 0.1) is 23.8 Å². The highest BCUT2D eigenvalue weighted by molar-refractivity contribution is 6.26. The molecular weight excluding hydrogens is 492 g/mol. The topological polar surface area (TPSA) is 185 Å². The molecule has 4 heterocycles. The summed E-state index contributed by atoms with van der Waals surface area (Å²) in [7, 11) is 1.16. The fourth-order valence-corrected chi connectivity index (χ4v) is 5.43. The Balaban J connectivity index is 1.41. The van der Waals surface area contributed by atoms with E-state index in [9.17, 15) is 34.8 Å². The number of benzene rings is 2. The van der Waals surface area contributed by atoms with E-state index in [1.807, 2.05) is 0 Å². The zero-order valence-electron chi connectivity index (χ0n) is 19.0. The first-order chi connectivity index (χ1) is 17.6. The van der Waals surface area contributed by atoms with E-state index in [0.717, 1.165) is 13.2 Å². The van der Waals surface area contributed by atoms with Crippen LogP contribution < -0.4 is 15.1 Å².